The van der Waals surface area contributed by atoms with Crippen LogP contribution in [0.4, 0.5) is 5.69 Å². The van der Waals surface area contributed by atoms with Crippen LogP contribution in [0.1, 0.15) is 18.7 Å². The first-order valence-electron chi connectivity index (χ1n) is 5.89. The number of carbonyl (C=O) groups excluding carboxylic acids is 1. The van der Waals surface area contributed by atoms with Gasteiger partial charge in [0.2, 0.25) is 5.91 Å². The molecule has 1 aromatic carbocycles. The van der Waals surface area contributed by atoms with E-state index in [2.05, 4.69) is 10.4 Å². The minimum Gasteiger partial charge on any atom is -0.506 e. The number of aromatic nitrogens is 2. The maximum atomic E-state index is 12.1. The summed E-state index contributed by atoms with van der Waals surface area (Å²) in [5.41, 5.74) is 0.904. The van der Waals surface area contributed by atoms with E-state index in [4.69, 9.17) is 23.2 Å². The molecule has 1 unspecified atom stereocenters. The molecule has 0 aliphatic carbocycles. The van der Waals surface area contributed by atoms with Crippen LogP contribution in [0.5, 0.6) is 5.75 Å². The predicted molar refractivity (Wildman–Crippen MR) is 78.4 cm³/mol. The molecular formula is C13H13Cl2N3O2. The summed E-state index contributed by atoms with van der Waals surface area (Å²) in [5.74, 6) is -0.383. The molecule has 20 heavy (non-hydrogen) atoms. The third-order valence-electron chi connectivity index (χ3n) is 2.85. The van der Waals surface area contributed by atoms with Gasteiger partial charge in [0.05, 0.1) is 16.4 Å². The molecule has 1 aromatic heterocycles. The van der Waals surface area contributed by atoms with E-state index in [1.807, 2.05) is 0 Å². The predicted octanol–water partition coefficient (Wildman–Crippen LogP) is 3.40. The van der Waals surface area contributed by atoms with Crippen molar-refractivity contribution in [1.29, 1.82) is 0 Å². The molecule has 1 amide bonds. The zero-order valence-corrected chi connectivity index (χ0v) is 12.4. The number of hydrogen-bond donors (Lipinski definition) is 2. The Morgan fingerprint density at radius 3 is 2.75 bits per heavy atom. The van der Waals surface area contributed by atoms with E-state index in [1.54, 1.807) is 20.0 Å². The van der Waals surface area contributed by atoms with Gasteiger partial charge in [-0.2, -0.15) is 5.10 Å². The molecule has 7 heteroatoms. The average Bonchev–Trinajstić information content (AvgIpc) is 2.73. The zero-order chi connectivity index (χ0) is 14.9. The number of aromatic hydroxyl groups is 1. The highest BCUT2D eigenvalue weighted by molar-refractivity contribution is 6.31. The summed E-state index contributed by atoms with van der Waals surface area (Å²) in [7, 11) is 0. The van der Waals surface area contributed by atoms with Crippen molar-refractivity contribution in [2.24, 2.45) is 0 Å². The number of amides is 1. The normalized spacial score (nSPS) is 12.2. The summed E-state index contributed by atoms with van der Waals surface area (Å²) in [6, 6.07) is 3.85. The van der Waals surface area contributed by atoms with Crippen LogP contribution in [-0.2, 0) is 4.79 Å². The summed E-state index contributed by atoms with van der Waals surface area (Å²) < 4.78 is 1.47. The highest BCUT2D eigenvalue weighted by Gasteiger charge is 2.18. The highest BCUT2D eigenvalue weighted by Crippen LogP contribution is 2.27. The molecule has 106 valence electrons. The molecule has 0 bridgehead atoms. The van der Waals surface area contributed by atoms with Crippen LogP contribution < -0.4 is 5.32 Å². The number of benzene rings is 1. The Balaban J connectivity index is 2.17. The van der Waals surface area contributed by atoms with Crippen LogP contribution in [0.25, 0.3) is 0 Å². The van der Waals surface area contributed by atoms with E-state index in [9.17, 15) is 9.90 Å². The third kappa shape index (κ3) is 3.05. The Bertz CT molecular complexity index is 636. The molecule has 1 atom stereocenters. The van der Waals surface area contributed by atoms with Gasteiger partial charge in [-0.25, -0.2) is 0 Å². The molecule has 2 rings (SSSR count). The molecule has 0 fully saturated rings. The number of rotatable bonds is 3. The molecule has 0 aliphatic heterocycles. The first-order chi connectivity index (χ1) is 9.38. The van der Waals surface area contributed by atoms with Gasteiger partial charge in [0.15, 0.2) is 0 Å². The minimum atomic E-state index is -0.570. The Morgan fingerprint density at radius 2 is 2.15 bits per heavy atom. The van der Waals surface area contributed by atoms with Gasteiger partial charge in [-0.1, -0.05) is 23.2 Å². The van der Waals surface area contributed by atoms with E-state index >= 15 is 0 Å². The maximum absolute atomic E-state index is 12.1. The summed E-state index contributed by atoms with van der Waals surface area (Å²) in [6.45, 7) is 3.44. The van der Waals surface area contributed by atoms with Crippen molar-refractivity contribution in [3.8, 4) is 5.75 Å². The fourth-order valence-corrected chi connectivity index (χ4v) is 1.93. The Labute approximate surface area is 126 Å². The van der Waals surface area contributed by atoms with Crippen molar-refractivity contribution in [3.63, 3.8) is 0 Å². The SMILES string of the molecule is Cc1nn(C(C)C(=O)Nc2cc(Cl)ccc2O)cc1Cl. The number of anilines is 1. The summed E-state index contributed by atoms with van der Waals surface area (Å²) in [5, 5.41) is 17.3. The van der Waals surface area contributed by atoms with E-state index in [0.29, 0.717) is 15.7 Å². The number of halogens is 2. The van der Waals surface area contributed by atoms with Crippen LogP contribution in [0.3, 0.4) is 0 Å². The number of nitrogens with one attached hydrogen (secondary N) is 1. The number of nitrogens with zero attached hydrogens (tertiary/aromatic N) is 2. The molecule has 2 aromatic rings. The fraction of sp³-hybridized carbons (Fsp3) is 0.231. The van der Waals surface area contributed by atoms with Crippen LogP contribution in [0, 0.1) is 6.92 Å². The van der Waals surface area contributed by atoms with Gasteiger partial charge in [-0.3, -0.25) is 9.48 Å². The fourth-order valence-electron chi connectivity index (χ4n) is 1.62. The Morgan fingerprint density at radius 1 is 1.45 bits per heavy atom. The zero-order valence-electron chi connectivity index (χ0n) is 10.9. The molecular weight excluding hydrogens is 301 g/mol. The van der Waals surface area contributed by atoms with Gasteiger partial charge in [0.1, 0.15) is 11.8 Å². The standard InChI is InChI=1S/C13H13Cl2N3O2/c1-7-10(15)6-18(17-7)8(2)13(20)16-11-5-9(14)3-4-12(11)19/h3-6,8,19H,1-2H3,(H,16,20). The first kappa shape index (κ1) is 14.7. The number of phenols is 1. The van der Waals surface area contributed by atoms with Gasteiger partial charge in [-0.15, -0.1) is 0 Å². The third-order valence-corrected chi connectivity index (χ3v) is 3.46. The van der Waals surface area contributed by atoms with Gasteiger partial charge in [0.25, 0.3) is 0 Å². The average molecular weight is 314 g/mol. The lowest BCUT2D eigenvalue weighted by molar-refractivity contribution is -0.119. The molecule has 0 aliphatic rings. The smallest absolute Gasteiger partial charge is 0.249 e. The van der Waals surface area contributed by atoms with Crippen molar-refractivity contribution in [2.45, 2.75) is 19.9 Å². The van der Waals surface area contributed by atoms with Crippen molar-refractivity contribution < 1.29 is 9.90 Å². The van der Waals surface area contributed by atoms with Crippen molar-refractivity contribution in [1.82, 2.24) is 9.78 Å². The lowest BCUT2D eigenvalue weighted by Gasteiger charge is -2.13. The molecule has 0 spiro atoms. The topological polar surface area (TPSA) is 67.2 Å². The van der Waals surface area contributed by atoms with E-state index in [1.165, 1.54) is 22.9 Å². The van der Waals surface area contributed by atoms with Crippen LogP contribution in [0.15, 0.2) is 24.4 Å². The number of hydrogen-bond acceptors (Lipinski definition) is 3. The van der Waals surface area contributed by atoms with Crippen molar-refractivity contribution >= 4 is 34.8 Å². The molecule has 5 nitrogen and oxygen atoms in total. The van der Waals surface area contributed by atoms with E-state index < -0.39 is 6.04 Å². The minimum absolute atomic E-state index is 0.0513. The molecule has 0 radical (unpaired) electrons. The Hall–Kier alpha value is -1.72. The van der Waals surface area contributed by atoms with Gasteiger partial charge in [0, 0.05) is 11.2 Å². The monoisotopic (exact) mass is 313 g/mol. The van der Waals surface area contributed by atoms with Crippen LogP contribution in [-0.4, -0.2) is 20.8 Å². The first-order valence-corrected chi connectivity index (χ1v) is 6.64. The van der Waals surface area contributed by atoms with Gasteiger partial charge in [-0.05, 0) is 32.0 Å². The highest BCUT2D eigenvalue weighted by atomic mass is 35.5. The molecule has 1 heterocycles. The van der Waals surface area contributed by atoms with Gasteiger partial charge < -0.3 is 10.4 Å². The lowest BCUT2D eigenvalue weighted by atomic mass is 10.2. The summed E-state index contributed by atoms with van der Waals surface area (Å²) in [4.78, 5) is 12.1. The van der Waals surface area contributed by atoms with E-state index in [-0.39, 0.29) is 17.3 Å². The largest absolute Gasteiger partial charge is 0.506 e. The Kier molecular flexibility index (Phi) is 4.20. The second kappa shape index (κ2) is 5.73. The molecule has 0 saturated carbocycles. The molecule has 0 saturated heterocycles. The lowest BCUT2D eigenvalue weighted by Crippen LogP contribution is -2.24. The van der Waals surface area contributed by atoms with Crippen LogP contribution >= 0.6 is 23.2 Å². The second-order valence-electron chi connectivity index (χ2n) is 4.37. The number of aryl methyl sites for hydroxylation is 1. The van der Waals surface area contributed by atoms with Gasteiger partial charge >= 0.3 is 0 Å². The van der Waals surface area contributed by atoms with Crippen molar-refractivity contribution in [3.05, 3.63) is 40.1 Å². The van der Waals surface area contributed by atoms with E-state index in [0.717, 1.165) is 0 Å². The maximum Gasteiger partial charge on any atom is 0.249 e. The summed E-state index contributed by atoms with van der Waals surface area (Å²) >= 11 is 11.7. The number of phenolic OH excluding ortho intramolecular Hbond substituents is 1. The molecule has 2 N–H and O–H groups in total. The summed E-state index contributed by atoms with van der Waals surface area (Å²) in [6.07, 6.45) is 1.58. The number of carbonyl (C=O) groups is 1. The van der Waals surface area contributed by atoms with Crippen molar-refractivity contribution in [2.75, 3.05) is 5.32 Å². The quantitative estimate of drug-likeness (QED) is 0.853. The van der Waals surface area contributed by atoms with Crippen LogP contribution in [0.2, 0.25) is 10.0 Å². The second-order valence-corrected chi connectivity index (χ2v) is 5.21.